The zero-order valence-electron chi connectivity index (χ0n) is 10.3. The van der Waals surface area contributed by atoms with Gasteiger partial charge in [0.2, 0.25) is 0 Å². The first kappa shape index (κ1) is 14.7. The van der Waals surface area contributed by atoms with Gasteiger partial charge in [0, 0.05) is 25.2 Å². The number of carboxylic acids is 1. The van der Waals surface area contributed by atoms with Gasteiger partial charge >= 0.3 is 11.9 Å². The van der Waals surface area contributed by atoms with Crippen LogP contribution in [0.3, 0.4) is 0 Å². The Balaban J connectivity index is 1.97. The fraction of sp³-hybridized carbons (Fsp3) is 0.667. The first-order valence-corrected chi connectivity index (χ1v) is 6.06. The number of rotatable bonds is 7. The zero-order valence-corrected chi connectivity index (χ0v) is 10.3. The lowest BCUT2D eigenvalue weighted by Crippen LogP contribution is -2.36. The van der Waals surface area contributed by atoms with E-state index in [9.17, 15) is 9.59 Å². The van der Waals surface area contributed by atoms with Crippen LogP contribution in [-0.4, -0.2) is 61.4 Å². The smallest absolute Gasteiger partial charge is 0.331 e. The third-order valence-electron chi connectivity index (χ3n) is 2.58. The van der Waals surface area contributed by atoms with Crippen LogP contribution in [0, 0.1) is 0 Å². The van der Waals surface area contributed by atoms with Crippen LogP contribution in [0.1, 0.15) is 12.8 Å². The Morgan fingerprint density at radius 3 is 2.61 bits per heavy atom. The Labute approximate surface area is 106 Å². The summed E-state index contributed by atoms with van der Waals surface area (Å²) in [5.74, 6) is -1.76. The number of unbranched alkanes of at least 4 members (excludes halogenated alkanes) is 1. The second kappa shape index (κ2) is 8.66. The Hall–Kier alpha value is -1.40. The topological polar surface area (TPSA) is 76.1 Å². The molecule has 0 bridgehead atoms. The molecule has 0 amide bonds. The number of hydrogen-bond donors (Lipinski definition) is 1. The van der Waals surface area contributed by atoms with Crippen molar-refractivity contribution in [1.82, 2.24) is 4.90 Å². The summed E-state index contributed by atoms with van der Waals surface area (Å²) in [6, 6.07) is 0. The molecule has 102 valence electrons. The zero-order chi connectivity index (χ0) is 13.2. The number of morpholine rings is 1. The second-order valence-corrected chi connectivity index (χ2v) is 4.00. The van der Waals surface area contributed by atoms with Crippen molar-refractivity contribution in [2.45, 2.75) is 12.8 Å². The van der Waals surface area contributed by atoms with E-state index in [2.05, 4.69) is 4.90 Å². The Morgan fingerprint density at radius 1 is 1.22 bits per heavy atom. The number of carboxylic acid groups (broad SMARTS) is 1. The molecule has 0 aromatic heterocycles. The molecular formula is C12H19NO5. The number of carbonyl (C=O) groups excluding carboxylic acids is 1. The summed E-state index contributed by atoms with van der Waals surface area (Å²) in [6.07, 6.45) is 3.43. The summed E-state index contributed by atoms with van der Waals surface area (Å²) in [7, 11) is 0. The number of ether oxygens (including phenoxy) is 2. The van der Waals surface area contributed by atoms with Crippen LogP contribution in [0.4, 0.5) is 0 Å². The van der Waals surface area contributed by atoms with Gasteiger partial charge < -0.3 is 14.6 Å². The van der Waals surface area contributed by atoms with E-state index >= 15 is 0 Å². The molecule has 1 saturated heterocycles. The fourth-order valence-corrected chi connectivity index (χ4v) is 1.62. The van der Waals surface area contributed by atoms with Gasteiger partial charge in [0.1, 0.15) is 0 Å². The molecule has 1 aliphatic rings. The summed E-state index contributed by atoms with van der Waals surface area (Å²) < 4.78 is 10.1. The van der Waals surface area contributed by atoms with Gasteiger partial charge in [-0.05, 0) is 19.4 Å². The van der Waals surface area contributed by atoms with E-state index in [1.54, 1.807) is 0 Å². The molecule has 18 heavy (non-hydrogen) atoms. The SMILES string of the molecule is O=C(O)/C=C/C(=O)OCCCCN1CCOCC1. The molecule has 1 rings (SSSR count). The first-order valence-electron chi connectivity index (χ1n) is 6.06. The quantitative estimate of drug-likeness (QED) is 0.401. The molecule has 0 atom stereocenters. The summed E-state index contributed by atoms with van der Waals surface area (Å²) >= 11 is 0. The minimum absolute atomic E-state index is 0.327. The molecule has 0 aromatic carbocycles. The molecule has 0 radical (unpaired) electrons. The maximum Gasteiger partial charge on any atom is 0.331 e. The molecule has 1 aliphatic heterocycles. The highest BCUT2D eigenvalue weighted by atomic mass is 16.5. The molecule has 0 spiro atoms. The molecule has 1 fully saturated rings. The second-order valence-electron chi connectivity index (χ2n) is 4.00. The van der Waals surface area contributed by atoms with E-state index in [0.717, 1.165) is 57.8 Å². The number of hydrogen-bond acceptors (Lipinski definition) is 5. The van der Waals surface area contributed by atoms with Crippen LogP contribution < -0.4 is 0 Å². The molecule has 6 heteroatoms. The molecule has 1 heterocycles. The monoisotopic (exact) mass is 257 g/mol. The average Bonchev–Trinajstić information content (AvgIpc) is 2.37. The molecule has 0 unspecified atom stereocenters. The maximum absolute atomic E-state index is 11.0. The highest BCUT2D eigenvalue weighted by Gasteiger charge is 2.09. The summed E-state index contributed by atoms with van der Waals surface area (Å²) in [4.78, 5) is 23.5. The summed E-state index contributed by atoms with van der Waals surface area (Å²) in [5, 5.41) is 8.31. The van der Waals surface area contributed by atoms with E-state index in [0.29, 0.717) is 6.61 Å². The van der Waals surface area contributed by atoms with Crippen LogP contribution in [0.25, 0.3) is 0 Å². The van der Waals surface area contributed by atoms with Gasteiger partial charge in [-0.15, -0.1) is 0 Å². The van der Waals surface area contributed by atoms with Crippen LogP contribution in [0.5, 0.6) is 0 Å². The number of aliphatic carboxylic acids is 1. The van der Waals surface area contributed by atoms with E-state index < -0.39 is 11.9 Å². The van der Waals surface area contributed by atoms with Crippen molar-refractivity contribution in [2.75, 3.05) is 39.5 Å². The number of carbonyl (C=O) groups is 2. The standard InChI is InChI=1S/C12H19NO5/c14-11(15)3-4-12(16)18-8-2-1-5-13-6-9-17-10-7-13/h3-4H,1-2,5-10H2,(H,14,15)/b4-3+. The predicted molar refractivity (Wildman–Crippen MR) is 64.2 cm³/mol. The largest absolute Gasteiger partial charge is 0.478 e. The first-order chi connectivity index (χ1) is 8.68. The number of esters is 1. The lowest BCUT2D eigenvalue weighted by Gasteiger charge is -2.26. The fourth-order valence-electron chi connectivity index (χ4n) is 1.62. The van der Waals surface area contributed by atoms with Crippen molar-refractivity contribution in [1.29, 1.82) is 0 Å². The van der Waals surface area contributed by atoms with Crippen LogP contribution in [-0.2, 0) is 19.1 Å². The minimum Gasteiger partial charge on any atom is -0.478 e. The van der Waals surface area contributed by atoms with E-state index in [-0.39, 0.29) is 0 Å². The lowest BCUT2D eigenvalue weighted by atomic mass is 10.3. The Kier molecular flexibility index (Phi) is 7.05. The van der Waals surface area contributed by atoms with Gasteiger partial charge in [-0.3, -0.25) is 4.90 Å². The van der Waals surface area contributed by atoms with Gasteiger partial charge in [-0.2, -0.15) is 0 Å². The molecular weight excluding hydrogens is 238 g/mol. The van der Waals surface area contributed by atoms with Crippen LogP contribution >= 0.6 is 0 Å². The molecule has 0 aromatic rings. The van der Waals surface area contributed by atoms with E-state index in [4.69, 9.17) is 14.6 Å². The molecule has 0 saturated carbocycles. The van der Waals surface area contributed by atoms with Crippen LogP contribution in [0.15, 0.2) is 12.2 Å². The third-order valence-corrected chi connectivity index (χ3v) is 2.58. The normalized spacial score (nSPS) is 16.9. The lowest BCUT2D eigenvalue weighted by molar-refractivity contribution is -0.138. The van der Waals surface area contributed by atoms with Crippen molar-refractivity contribution in [3.63, 3.8) is 0 Å². The van der Waals surface area contributed by atoms with Gasteiger partial charge in [0.15, 0.2) is 0 Å². The Bertz CT molecular complexity index is 297. The number of nitrogens with zero attached hydrogens (tertiary/aromatic N) is 1. The third kappa shape index (κ3) is 7.03. The van der Waals surface area contributed by atoms with Gasteiger partial charge in [-0.25, -0.2) is 9.59 Å². The van der Waals surface area contributed by atoms with Crippen molar-refractivity contribution in [3.8, 4) is 0 Å². The predicted octanol–water partition coefficient (Wildman–Crippen LogP) is 0.283. The van der Waals surface area contributed by atoms with E-state index in [1.807, 2.05) is 0 Å². The highest BCUT2D eigenvalue weighted by Crippen LogP contribution is 2.00. The van der Waals surface area contributed by atoms with Gasteiger partial charge in [0.25, 0.3) is 0 Å². The molecule has 0 aliphatic carbocycles. The average molecular weight is 257 g/mol. The molecule has 1 N–H and O–H groups in total. The van der Waals surface area contributed by atoms with Gasteiger partial charge in [-0.1, -0.05) is 0 Å². The van der Waals surface area contributed by atoms with Crippen molar-refractivity contribution >= 4 is 11.9 Å². The van der Waals surface area contributed by atoms with Crippen molar-refractivity contribution in [3.05, 3.63) is 12.2 Å². The van der Waals surface area contributed by atoms with Crippen molar-refractivity contribution < 1.29 is 24.2 Å². The summed E-state index contributed by atoms with van der Waals surface area (Å²) in [6.45, 7) is 4.80. The van der Waals surface area contributed by atoms with Gasteiger partial charge in [0.05, 0.1) is 19.8 Å². The molecule has 6 nitrogen and oxygen atoms in total. The van der Waals surface area contributed by atoms with Crippen LogP contribution in [0.2, 0.25) is 0 Å². The maximum atomic E-state index is 11.0. The Morgan fingerprint density at radius 2 is 1.94 bits per heavy atom. The minimum atomic E-state index is -1.15. The highest BCUT2D eigenvalue weighted by molar-refractivity contribution is 5.90. The van der Waals surface area contributed by atoms with Crippen molar-refractivity contribution in [2.24, 2.45) is 0 Å². The van der Waals surface area contributed by atoms with E-state index in [1.165, 1.54) is 0 Å². The summed E-state index contributed by atoms with van der Waals surface area (Å²) in [5.41, 5.74) is 0.